The van der Waals surface area contributed by atoms with Crippen LogP contribution in [0.2, 0.25) is 0 Å². The van der Waals surface area contributed by atoms with Gasteiger partial charge in [0.2, 0.25) is 0 Å². The van der Waals surface area contributed by atoms with Gasteiger partial charge >= 0.3 is 0 Å². The number of allylic oxidation sites excluding steroid dienone is 1. The van der Waals surface area contributed by atoms with Crippen LogP contribution in [-0.2, 0) is 4.74 Å². The Balaban J connectivity index is 1.61. The molecule has 2 saturated heterocycles. The Kier molecular flexibility index (Phi) is 3.50. The number of nitrogens with zero attached hydrogens (tertiary/aromatic N) is 1. The van der Waals surface area contributed by atoms with Crippen molar-refractivity contribution in [3.8, 4) is 0 Å². The fourth-order valence-electron chi connectivity index (χ4n) is 3.48. The molecule has 1 N–H and O–H groups in total. The molecule has 0 aromatic heterocycles. The van der Waals surface area contributed by atoms with Gasteiger partial charge in [-0.15, -0.1) is 0 Å². The van der Waals surface area contributed by atoms with Gasteiger partial charge in [-0.2, -0.15) is 0 Å². The molecular weight excluding hydrogens is 212 g/mol. The van der Waals surface area contributed by atoms with Crippen molar-refractivity contribution in [3.05, 3.63) is 12.2 Å². The van der Waals surface area contributed by atoms with Gasteiger partial charge in [0.05, 0.1) is 13.2 Å². The van der Waals surface area contributed by atoms with E-state index in [4.69, 9.17) is 4.74 Å². The van der Waals surface area contributed by atoms with E-state index in [2.05, 4.69) is 22.4 Å². The summed E-state index contributed by atoms with van der Waals surface area (Å²) in [4.78, 5) is 2.59. The summed E-state index contributed by atoms with van der Waals surface area (Å²) in [6.07, 6.45) is 10.4. The molecule has 0 unspecified atom stereocenters. The number of morpholine rings is 1. The first-order valence-electron chi connectivity index (χ1n) is 7.10. The minimum Gasteiger partial charge on any atom is -0.379 e. The van der Waals surface area contributed by atoms with Crippen molar-refractivity contribution in [3.63, 3.8) is 0 Å². The molecule has 0 saturated carbocycles. The van der Waals surface area contributed by atoms with Crippen LogP contribution in [0, 0.1) is 5.41 Å². The quantitative estimate of drug-likeness (QED) is 0.697. The highest BCUT2D eigenvalue weighted by Gasteiger charge is 2.34. The molecule has 1 atom stereocenters. The summed E-state index contributed by atoms with van der Waals surface area (Å²) < 4.78 is 5.43. The summed E-state index contributed by atoms with van der Waals surface area (Å²) in [6, 6.07) is 0.680. The Bertz CT molecular complexity index is 278. The van der Waals surface area contributed by atoms with Gasteiger partial charge in [-0.25, -0.2) is 0 Å². The van der Waals surface area contributed by atoms with E-state index < -0.39 is 0 Å². The van der Waals surface area contributed by atoms with E-state index in [-0.39, 0.29) is 0 Å². The molecule has 2 fully saturated rings. The summed E-state index contributed by atoms with van der Waals surface area (Å²) in [6.45, 7) is 6.46. The molecule has 0 amide bonds. The minimum atomic E-state index is 0.536. The summed E-state index contributed by atoms with van der Waals surface area (Å²) in [5.41, 5.74) is 0.536. The molecule has 3 aliphatic rings. The van der Waals surface area contributed by atoms with Crippen LogP contribution in [-0.4, -0.2) is 50.3 Å². The Hall–Kier alpha value is -0.380. The standard InChI is InChI=1S/C14H24N2O/c1-3-14(5-7-15-8-6-14)4-2-13(1)16-9-11-17-12-10-16/h1,3,13,15H,2,4-12H2/t13-/m0/s1. The molecule has 96 valence electrons. The van der Waals surface area contributed by atoms with Gasteiger partial charge in [0.1, 0.15) is 0 Å². The Labute approximate surface area is 104 Å². The second kappa shape index (κ2) is 5.09. The second-order valence-corrected chi connectivity index (χ2v) is 5.73. The number of hydrogen-bond donors (Lipinski definition) is 1. The Morgan fingerprint density at radius 3 is 2.53 bits per heavy atom. The van der Waals surface area contributed by atoms with Crippen LogP contribution in [0.3, 0.4) is 0 Å². The van der Waals surface area contributed by atoms with E-state index >= 15 is 0 Å². The fourth-order valence-corrected chi connectivity index (χ4v) is 3.48. The largest absolute Gasteiger partial charge is 0.379 e. The third-order valence-electron chi connectivity index (χ3n) is 4.72. The van der Waals surface area contributed by atoms with Crippen LogP contribution in [0.4, 0.5) is 0 Å². The third kappa shape index (κ3) is 2.56. The Morgan fingerprint density at radius 2 is 1.88 bits per heavy atom. The van der Waals surface area contributed by atoms with Crippen molar-refractivity contribution in [2.45, 2.75) is 31.7 Å². The predicted molar refractivity (Wildman–Crippen MR) is 69.1 cm³/mol. The summed E-state index contributed by atoms with van der Waals surface area (Å²) in [5, 5.41) is 3.47. The maximum Gasteiger partial charge on any atom is 0.0594 e. The monoisotopic (exact) mass is 236 g/mol. The first-order valence-corrected chi connectivity index (χ1v) is 7.10. The molecule has 0 aromatic rings. The molecule has 17 heavy (non-hydrogen) atoms. The van der Waals surface area contributed by atoms with Gasteiger partial charge in [-0.1, -0.05) is 12.2 Å². The summed E-state index contributed by atoms with van der Waals surface area (Å²) in [5.74, 6) is 0. The van der Waals surface area contributed by atoms with Crippen LogP contribution in [0.15, 0.2) is 12.2 Å². The average molecular weight is 236 g/mol. The molecule has 1 spiro atoms. The normalized spacial score (nSPS) is 34.0. The van der Waals surface area contributed by atoms with Gasteiger partial charge in [0.15, 0.2) is 0 Å². The van der Waals surface area contributed by atoms with Crippen molar-refractivity contribution in [1.82, 2.24) is 10.2 Å². The molecule has 0 radical (unpaired) electrons. The third-order valence-corrected chi connectivity index (χ3v) is 4.72. The van der Waals surface area contributed by atoms with Gasteiger partial charge in [-0.05, 0) is 44.2 Å². The lowest BCUT2D eigenvalue weighted by Crippen LogP contribution is -2.45. The molecule has 3 nitrogen and oxygen atoms in total. The highest BCUT2D eigenvalue weighted by Crippen LogP contribution is 2.39. The summed E-state index contributed by atoms with van der Waals surface area (Å²) in [7, 11) is 0. The molecule has 2 heterocycles. The highest BCUT2D eigenvalue weighted by atomic mass is 16.5. The van der Waals surface area contributed by atoms with Crippen LogP contribution in [0.25, 0.3) is 0 Å². The molecule has 1 aliphatic carbocycles. The predicted octanol–water partition coefficient (Wildman–Crippen LogP) is 1.41. The molecule has 0 aromatic carbocycles. The fraction of sp³-hybridized carbons (Fsp3) is 0.857. The summed E-state index contributed by atoms with van der Waals surface area (Å²) >= 11 is 0. The number of piperidine rings is 1. The van der Waals surface area contributed by atoms with E-state index in [9.17, 15) is 0 Å². The van der Waals surface area contributed by atoms with Crippen molar-refractivity contribution in [2.24, 2.45) is 5.41 Å². The van der Waals surface area contributed by atoms with E-state index in [1.54, 1.807) is 0 Å². The Morgan fingerprint density at radius 1 is 1.12 bits per heavy atom. The van der Waals surface area contributed by atoms with Crippen molar-refractivity contribution >= 4 is 0 Å². The van der Waals surface area contributed by atoms with E-state index in [0.717, 1.165) is 26.3 Å². The van der Waals surface area contributed by atoms with Crippen LogP contribution in [0.1, 0.15) is 25.7 Å². The number of rotatable bonds is 1. The van der Waals surface area contributed by atoms with Crippen molar-refractivity contribution in [2.75, 3.05) is 39.4 Å². The number of hydrogen-bond acceptors (Lipinski definition) is 3. The zero-order valence-corrected chi connectivity index (χ0v) is 10.7. The second-order valence-electron chi connectivity index (χ2n) is 5.73. The molecule has 3 heteroatoms. The average Bonchev–Trinajstić information content (AvgIpc) is 2.42. The van der Waals surface area contributed by atoms with E-state index in [1.807, 2.05) is 0 Å². The lowest BCUT2D eigenvalue weighted by molar-refractivity contribution is 0.0194. The zero-order valence-electron chi connectivity index (χ0n) is 10.7. The van der Waals surface area contributed by atoms with Gasteiger partial charge in [0.25, 0.3) is 0 Å². The van der Waals surface area contributed by atoms with Gasteiger partial charge < -0.3 is 10.1 Å². The minimum absolute atomic E-state index is 0.536. The lowest BCUT2D eigenvalue weighted by Gasteiger charge is -2.42. The topological polar surface area (TPSA) is 24.5 Å². The lowest BCUT2D eigenvalue weighted by atomic mass is 9.71. The van der Waals surface area contributed by atoms with Gasteiger partial charge in [0, 0.05) is 19.1 Å². The van der Waals surface area contributed by atoms with E-state index in [1.165, 1.54) is 38.8 Å². The smallest absolute Gasteiger partial charge is 0.0594 e. The maximum absolute atomic E-state index is 5.43. The van der Waals surface area contributed by atoms with Crippen molar-refractivity contribution in [1.29, 1.82) is 0 Å². The molecule has 0 bridgehead atoms. The number of ether oxygens (including phenoxy) is 1. The van der Waals surface area contributed by atoms with Crippen LogP contribution in [0.5, 0.6) is 0 Å². The molecule has 2 aliphatic heterocycles. The van der Waals surface area contributed by atoms with Crippen LogP contribution < -0.4 is 5.32 Å². The highest BCUT2D eigenvalue weighted by molar-refractivity contribution is 5.11. The molecule has 3 rings (SSSR count). The van der Waals surface area contributed by atoms with Gasteiger partial charge in [-0.3, -0.25) is 4.90 Å². The maximum atomic E-state index is 5.43. The van der Waals surface area contributed by atoms with E-state index in [0.29, 0.717) is 11.5 Å². The molecular formula is C14H24N2O. The van der Waals surface area contributed by atoms with Crippen molar-refractivity contribution < 1.29 is 4.74 Å². The SMILES string of the molecule is C1=CC2(CCNCC2)CC[C@H]1N1CCOCC1. The first-order chi connectivity index (χ1) is 8.38. The number of nitrogens with one attached hydrogen (secondary N) is 1. The first kappa shape index (κ1) is 11.7. The zero-order chi connectivity index (χ0) is 11.6. The van der Waals surface area contributed by atoms with Crippen LogP contribution >= 0.6 is 0 Å².